The lowest BCUT2D eigenvalue weighted by molar-refractivity contribution is 0.0985. The number of aromatic amines is 2. The average molecular weight is 368 g/mol. The number of carbonyl (C=O) groups excluding carboxylic acids is 1. The van der Waals surface area contributed by atoms with E-state index < -0.39 is 23.0 Å². The Morgan fingerprint density at radius 1 is 1.19 bits per heavy atom. The Hall–Kier alpha value is -3.55. The number of fused-ring (bicyclic) bond motifs is 1. The smallest absolute Gasteiger partial charge is 0.173 e. The van der Waals surface area contributed by atoms with Gasteiger partial charge in [0.25, 0.3) is 0 Å². The summed E-state index contributed by atoms with van der Waals surface area (Å²) in [5.74, 6) is -1.31. The molecule has 0 amide bonds. The van der Waals surface area contributed by atoms with Gasteiger partial charge in [-0.1, -0.05) is 6.07 Å². The highest BCUT2D eigenvalue weighted by Gasteiger charge is 2.21. The van der Waals surface area contributed by atoms with E-state index >= 15 is 0 Å². The molecule has 4 aromatic rings. The SMILES string of the molecule is COc1ccc2nc(-c3[nH]ncc3CC(=O)c3c(F)cccc3F)[nH]c2c1. The molecule has 0 spiro atoms. The average Bonchev–Trinajstić information content (AvgIpc) is 3.26. The lowest BCUT2D eigenvalue weighted by atomic mass is 10.0. The Kier molecular flexibility index (Phi) is 4.15. The van der Waals surface area contributed by atoms with Crippen molar-refractivity contribution in [1.82, 2.24) is 20.2 Å². The van der Waals surface area contributed by atoms with E-state index in [1.54, 1.807) is 25.3 Å². The van der Waals surface area contributed by atoms with Crippen LogP contribution in [0.2, 0.25) is 0 Å². The summed E-state index contributed by atoms with van der Waals surface area (Å²) in [6.45, 7) is 0. The number of methoxy groups -OCH3 is 1. The van der Waals surface area contributed by atoms with Gasteiger partial charge in [0.1, 0.15) is 23.1 Å². The monoisotopic (exact) mass is 368 g/mol. The van der Waals surface area contributed by atoms with Crippen LogP contribution in [0.25, 0.3) is 22.6 Å². The van der Waals surface area contributed by atoms with Crippen molar-refractivity contribution in [2.45, 2.75) is 6.42 Å². The molecule has 2 N–H and O–H groups in total. The number of hydrogen-bond donors (Lipinski definition) is 2. The molecular weight excluding hydrogens is 354 g/mol. The maximum atomic E-state index is 13.8. The van der Waals surface area contributed by atoms with Gasteiger partial charge in [0.2, 0.25) is 0 Å². The fourth-order valence-corrected chi connectivity index (χ4v) is 2.91. The third-order valence-corrected chi connectivity index (χ3v) is 4.24. The highest BCUT2D eigenvalue weighted by molar-refractivity contribution is 5.98. The van der Waals surface area contributed by atoms with Crippen molar-refractivity contribution in [1.29, 1.82) is 0 Å². The standard InChI is InChI=1S/C19H14F2N4O2/c1-27-11-5-6-14-15(8-11)24-19(23-14)18-10(9-22-25-18)7-16(26)17-12(20)3-2-4-13(17)21/h2-6,8-9H,7H2,1H3,(H,22,25)(H,23,24). The zero-order valence-electron chi connectivity index (χ0n) is 14.2. The van der Waals surface area contributed by atoms with Crippen molar-refractivity contribution in [2.75, 3.05) is 7.11 Å². The normalized spacial score (nSPS) is 11.1. The topological polar surface area (TPSA) is 83.7 Å². The zero-order valence-corrected chi connectivity index (χ0v) is 14.2. The predicted octanol–water partition coefficient (Wildman–Crippen LogP) is 3.67. The number of halogens is 2. The molecule has 2 heterocycles. The van der Waals surface area contributed by atoms with Gasteiger partial charge in [-0.05, 0) is 24.3 Å². The molecule has 0 aliphatic rings. The molecule has 0 aliphatic carbocycles. The lowest BCUT2D eigenvalue weighted by Crippen LogP contribution is -2.09. The van der Waals surface area contributed by atoms with E-state index in [0.29, 0.717) is 28.3 Å². The summed E-state index contributed by atoms with van der Waals surface area (Å²) in [5, 5.41) is 6.73. The van der Waals surface area contributed by atoms with Crippen molar-refractivity contribution in [3.63, 3.8) is 0 Å². The molecule has 27 heavy (non-hydrogen) atoms. The minimum atomic E-state index is -0.888. The second-order valence-electron chi connectivity index (χ2n) is 5.94. The molecule has 0 unspecified atom stereocenters. The second kappa shape index (κ2) is 6.64. The first-order valence-corrected chi connectivity index (χ1v) is 8.10. The summed E-state index contributed by atoms with van der Waals surface area (Å²) in [6.07, 6.45) is 1.23. The number of rotatable bonds is 5. The van der Waals surface area contributed by atoms with Crippen molar-refractivity contribution < 1.29 is 18.3 Å². The summed E-state index contributed by atoms with van der Waals surface area (Å²) >= 11 is 0. The number of benzene rings is 2. The zero-order chi connectivity index (χ0) is 19.0. The minimum absolute atomic E-state index is 0.218. The molecule has 0 saturated heterocycles. The molecule has 0 radical (unpaired) electrons. The van der Waals surface area contributed by atoms with Gasteiger partial charge in [-0.25, -0.2) is 13.8 Å². The van der Waals surface area contributed by atoms with Crippen LogP contribution in [-0.2, 0) is 6.42 Å². The van der Waals surface area contributed by atoms with Crippen molar-refractivity contribution in [3.8, 4) is 17.3 Å². The lowest BCUT2D eigenvalue weighted by Gasteiger charge is -2.04. The summed E-state index contributed by atoms with van der Waals surface area (Å²) in [7, 11) is 1.57. The van der Waals surface area contributed by atoms with E-state index in [0.717, 1.165) is 17.6 Å². The maximum absolute atomic E-state index is 13.8. The fraction of sp³-hybridized carbons (Fsp3) is 0.105. The van der Waals surface area contributed by atoms with E-state index in [2.05, 4.69) is 20.2 Å². The first-order valence-electron chi connectivity index (χ1n) is 8.10. The first kappa shape index (κ1) is 16.9. The van der Waals surface area contributed by atoms with Crippen LogP contribution in [0.3, 0.4) is 0 Å². The van der Waals surface area contributed by atoms with Crippen LogP contribution in [0.4, 0.5) is 8.78 Å². The third kappa shape index (κ3) is 3.05. The van der Waals surface area contributed by atoms with Crippen LogP contribution in [0.1, 0.15) is 15.9 Å². The molecular formula is C19H14F2N4O2. The van der Waals surface area contributed by atoms with Gasteiger partial charge >= 0.3 is 0 Å². The van der Waals surface area contributed by atoms with Gasteiger partial charge in [-0.15, -0.1) is 0 Å². The number of Topliss-reactive ketones (excluding diaryl/α,β-unsaturated/α-hetero) is 1. The molecule has 2 aromatic heterocycles. The Balaban J connectivity index is 1.68. The Bertz CT molecular complexity index is 1130. The number of H-pyrrole nitrogens is 2. The first-order chi connectivity index (χ1) is 13.1. The molecule has 0 saturated carbocycles. The van der Waals surface area contributed by atoms with Crippen LogP contribution in [0, 0.1) is 11.6 Å². The number of ether oxygens (including phenoxy) is 1. The molecule has 136 valence electrons. The number of nitrogens with zero attached hydrogens (tertiary/aromatic N) is 2. The van der Waals surface area contributed by atoms with E-state index in [1.807, 2.05) is 0 Å². The number of ketones is 1. The van der Waals surface area contributed by atoms with Crippen LogP contribution < -0.4 is 4.74 Å². The largest absolute Gasteiger partial charge is 0.497 e. The Morgan fingerprint density at radius 3 is 2.70 bits per heavy atom. The van der Waals surface area contributed by atoms with Crippen molar-refractivity contribution in [2.24, 2.45) is 0 Å². The van der Waals surface area contributed by atoms with Gasteiger partial charge in [-0.3, -0.25) is 9.89 Å². The van der Waals surface area contributed by atoms with E-state index in [1.165, 1.54) is 12.3 Å². The van der Waals surface area contributed by atoms with Gasteiger partial charge in [0.05, 0.1) is 29.9 Å². The molecule has 0 aliphatic heterocycles. The van der Waals surface area contributed by atoms with E-state index in [4.69, 9.17) is 4.74 Å². The highest BCUT2D eigenvalue weighted by atomic mass is 19.1. The summed E-state index contributed by atoms with van der Waals surface area (Å²) in [6, 6.07) is 8.70. The quantitative estimate of drug-likeness (QED) is 0.527. The van der Waals surface area contributed by atoms with Crippen LogP contribution in [-0.4, -0.2) is 33.1 Å². The number of imidazole rings is 1. The molecule has 4 rings (SSSR count). The highest BCUT2D eigenvalue weighted by Crippen LogP contribution is 2.26. The van der Waals surface area contributed by atoms with E-state index in [9.17, 15) is 13.6 Å². The van der Waals surface area contributed by atoms with Gasteiger partial charge in [-0.2, -0.15) is 5.10 Å². The third-order valence-electron chi connectivity index (χ3n) is 4.24. The number of hydrogen-bond acceptors (Lipinski definition) is 4. The van der Waals surface area contributed by atoms with E-state index in [-0.39, 0.29) is 6.42 Å². The number of aromatic nitrogens is 4. The van der Waals surface area contributed by atoms with Gasteiger partial charge < -0.3 is 9.72 Å². The van der Waals surface area contributed by atoms with Gasteiger partial charge in [0, 0.05) is 18.1 Å². The number of carbonyl (C=O) groups is 1. The second-order valence-corrected chi connectivity index (χ2v) is 5.94. The predicted molar refractivity (Wildman–Crippen MR) is 94.6 cm³/mol. The summed E-state index contributed by atoms with van der Waals surface area (Å²) < 4.78 is 32.9. The molecule has 8 heteroatoms. The molecule has 6 nitrogen and oxygen atoms in total. The minimum Gasteiger partial charge on any atom is -0.497 e. The summed E-state index contributed by atoms with van der Waals surface area (Å²) in [4.78, 5) is 20.0. The molecule has 2 aromatic carbocycles. The molecule has 0 bridgehead atoms. The summed E-state index contributed by atoms with van der Waals surface area (Å²) in [5.41, 5.74) is 1.86. The van der Waals surface area contributed by atoms with Crippen LogP contribution >= 0.6 is 0 Å². The Labute approximate surface area is 152 Å². The molecule has 0 fully saturated rings. The maximum Gasteiger partial charge on any atom is 0.173 e. The van der Waals surface area contributed by atoms with Crippen LogP contribution in [0.15, 0.2) is 42.6 Å². The number of nitrogens with one attached hydrogen (secondary N) is 2. The van der Waals surface area contributed by atoms with Crippen molar-refractivity contribution in [3.05, 3.63) is 65.4 Å². The van der Waals surface area contributed by atoms with Crippen LogP contribution in [0.5, 0.6) is 5.75 Å². The van der Waals surface area contributed by atoms with Crippen molar-refractivity contribution >= 4 is 16.8 Å². The Morgan fingerprint density at radius 2 is 1.96 bits per heavy atom. The molecule has 0 atom stereocenters. The van der Waals surface area contributed by atoms with Gasteiger partial charge in [0.15, 0.2) is 11.6 Å². The fourth-order valence-electron chi connectivity index (χ4n) is 2.91.